The van der Waals surface area contributed by atoms with Crippen LogP contribution in [0.5, 0.6) is 0 Å². The number of fused-ring (bicyclic) bond motifs is 1. The van der Waals surface area contributed by atoms with Gasteiger partial charge in [0, 0.05) is 0 Å². The first kappa shape index (κ1) is 7.60. The lowest BCUT2D eigenvalue weighted by Gasteiger charge is -2.37. The molecule has 0 aliphatic heterocycles. The van der Waals surface area contributed by atoms with Gasteiger partial charge in [-0.1, -0.05) is 25.7 Å². The molecule has 0 saturated heterocycles. The molecular weight excluding hydrogens is 136 g/mol. The Labute approximate surface area is 68.8 Å². The minimum Gasteiger partial charge on any atom is -0.233 e. The standard InChI is InChI=1S/C10H17O/c11-10-7-3-5-8-4-1-2-6-9(8)10/h8-10H,1-7H2. The quantitative estimate of drug-likeness (QED) is 0.510. The first-order valence-corrected chi connectivity index (χ1v) is 5.04. The van der Waals surface area contributed by atoms with Crippen molar-refractivity contribution in [2.24, 2.45) is 11.8 Å². The Balaban J connectivity index is 1.99. The molecule has 11 heavy (non-hydrogen) atoms. The lowest BCUT2D eigenvalue weighted by Crippen LogP contribution is -2.33. The fourth-order valence-corrected chi connectivity index (χ4v) is 2.88. The van der Waals surface area contributed by atoms with Crippen LogP contribution in [0.3, 0.4) is 0 Å². The van der Waals surface area contributed by atoms with E-state index in [0.717, 1.165) is 12.3 Å². The molecule has 0 amide bonds. The Morgan fingerprint density at radius 3 is 2.36 bits per heavy atom. The van der Waals surface area contributed by atoms with Gasteiger partial charge in [0.2, 0.25) is 0 Å². The van der Waals surface area contributed by atoms with E-state index in [1.807, 2.05) is 0 Å². The third-order valence-corrected chi connectivity index (χ3v) is 3.51. The van der Waals surface area contributed by atoms with E-state index in [4.69, 9.17) is 0 Å². The van der Waals surface area contributed by atoms with Gasteiger partial charge in [0.1, 0.15) is 0 Å². The first-order valence-electron chi connectivity index (χ1n) is 5.04. The Kier molecular flexibility index (Phi) is 2.17. The Morgan fingerprint density at radius 1 is 0.818 bits per heavy atom. The first-order chi connectivity index (χ1) is 5.38. The van der Waals surface area contributed by atoms with Crippen LogP contribution in [0.4, 0.5) is 0 Å². The van der Waals surface area contributed by atoms with Gasteiger partial charge < -0.3 is 0 Å². The summed E-state index contributed by atoms with van der Waals surface area (Å²) in [5.74, 6) is 1.39. The minimum absolute atomic E-state index is 0.200. The van der Waals surface area contributed by atoms with E-state index in [2.05, 4.69) is 0 Å². The molecule has 2 rings (SSSR count). The fourth-order valence-electron chi connectivity index (χ4n) is 2.88. The zero-order chi connectivity index (χ0) is 7.68. The Bertz CT molecular complexity index is 131. The van der Waals surface area contributed by atoms with Crippen molar-refractivity contribution in [2.75, 3.05) is 0 Å². The topological polar surface area (TPSA) is 19.9 Å². The maximum atomic E-state index is 11.5. The summed E-state index contributed by atoms with van der Waals surface area (Å²) in [6, 6.07) is 0. The van der Waals surface area contributed by atoms with Crippen LogP contribution in [-0.2, 0) is 5.11 Å². The highest BCUT2D eigenvalue weighted by Gasteiger charge is 2.34. The molecule has 2 aliphatic rings. The summed E-state index contributed by atoms with van der Waals surface area (Å²) in [5.41, 5.74) is 0. The third-order valence-electron chi connectivity index (χ3n) is 3.51. The highest BCUT2D eigenvalue weighted by atomic mass is 16.3. The molecule has 2 saturated carbocycles. The lowest BCUT2D eigenvalue weighted by molar-refractivity contribution is -0.0351. The zero-order valence-corrected chi connectivity index (χ0v) is 7.09. The van der Waals surface area contributed by atoms with Crippen molar-refractivity contribution in [3.63, 3.8) is 0 Å². The Hall–Kier alpha value is -0.0400. The van der Waals surface area contributed by atoms with Gasteiger partial charge in [-0.2, -0.15) is 0 Å². The normalized spacial score (nSPS) is 45.0. The van der Waals surface area contributed by atoms with Crippen LogP contribution < -0.4 is 0 Å². The van der Waals surface area contributed by atoms with Crippen molar-refractivity contribution in [1.29, 1.82) is 0 Å². The molecule has 1 heteroatoms. The number of rotatable bonds is 0. The number of hydrogen-bond acceptors (Lipinski definition) is 0. The molecule has 0 aromatic carbocycles. The van der Waals surface area contributed by atoms with E-state index in [-0.39, 0.29) is 6.10 Å². The second-order valence-corrected chi connectivity index (χ2v) is 4.18. The molecule has 3 atom stereocenters. The van der Waals surface area contributed by atoms with Gasteiger partial charge >= 0.3 is 0 Å². The van der Waals surface area contributed by atoms with E-state index in [1.165, 1.54) is 38.5 Å². The van der Waals surface area contributed by atoms with Gasteiger partial charge in [-0.3, -0.25) is 0 Å². The molecular formula is C10H17O. The second-order valence-electron chi connectivity index (χ2n) is 4.18. The molecule has 2 aliphatic carbocycles. The van der Waals surface area contributed by atoms with Crippen molar-refractivity contribution in [3.8, 4) is 0 Å². The van der Waals surface area contributed by atoms with Crippen LogP contribution in [0, 0.1) is 11.8 Å². The zero-order valence-electron chi connectivity index (χ0n) is 7.09. The van der Waals surface area contributed by atoms with Gasteiger partial charge in [-0.25, -0.2) is 5.11 Å². The lowest BCUT2D eigenvalue weighted by atomic mass is 9.69. The predicted octanol–water partition coefficient (Wildman–Crippen LogP) is 2.78. The molecule has 0 bridgehead atoms. The van der Waals surface area contributed by atoms with Gasteiger partial charge in [0.25, 0.3) is 0 Å². The summed E-state index contributed by atoms with van der Waals surface area (Å²) < 4.78 is 0. The molecule has 0 aromatic heterocycles. The largest absolute Gasteiger partial charge is 0.233 e. The van der Waals surface area contributed by atoms with Crippen LogP contribution in [0.1, 0.15) is 44.9 Å². The monoisotopic (exact) mass is 153 g/mol. The molecule has 0 spiro atoms. The predicted molar refractivity (Wildman–Crippen MR) is 43.8 cm³/mol. The van der Waals surface area contributed by atoms with Crippen LogP contribution in [0.25, 0.3) is 0 Å². The van der Waals surface area contributed by atoms with Crippen molar-refractivity contribution in [2.45, 2.75) is 51.0 Å². The average Bonchev–Trinajstić information content (AvgIpc) is 2.06. The van der Waals surface area contributed by atoms with E-state index >= 15 is 0 Å². The SMILES string of the molecule is [O]C1CCCC2CCCCC12. The summed E-state index contributed by atoms with van der Waals surface area (Å²) in [4.78, 5) is 0. The second kappa shape index (κ2) is 3.14. The Morgan fingerprint density at radius 2 is 1.55 bits per heavy atom. The van der Waals surface area contributed by atoms with Crippen LogP contribution in [-0.4, -0.2) is 6.10 Å². The van der Waals surface area contributed by atoms with E-state index in [0.29, 0.717) is 5.92 Å². The molecule has 0 heterocycles. The molecule has 0 aromatic rings. The molecule has 2 fully saturated rings. The van der Waals surface area contributed by atoms with Crippen LogP contribution >= 0.6 is 0 Å². The maximum Gasteiger partial charge on any atom is 0.0960 e. The summed E-state index contributed by atoms with van der Waals surface area (Å²) in [5, 5.41) is 11.5. The van der Waals surface area contributed by atoms with E-state index in [1.54, 1.807) is 0 Å². The van der Waals surface area contributed by atoms with Gasteiger partial charge in [-0.05, 0) is 31.1 Å². The van der Waals surface area contributed by atoms with Gasteiger partial charge in [0.05, 0.1) is 6.10 Å². The maximum absolute atomic E-state index is 11.5. The van der Waals surface area contributed by atoms with Gasteiger partial charge in [-0.15, -0.1) is 0 Å². The van der Waals surface area contributed by atoms with E-state index < -0.39 is 0 Å². The van der Waals surface area contributed by atoms with Crippen molar-refractivity contribution >= 4 is 0 Å². The fraction of sp³-hybridized carbons (Fsp3) is 1.00. The van der Waals surface area contributed by atoms with E-state index in [9.17, 15) is 5.11 Å². The van der Waals surface area contributed by atoms with Crippen molar-refractivity contribution < 1.29 is 5.11 Å². The molecule has 3 unspecified atom stereocenters. The van der Waals surface area contributed by atoms with Crippen LogP contribution in [0.15, 0.2) is 0 Å². The average molecular weight is 153 g/mol. The molecule has 0 N–H and O–H groups in total. The summed E-state index contributed by atoms with van der Waals surface area (Å²) in [6.45, 7) is 0. The highest BCUT2D eigenvalue weighted by Crippen LogP contribution is 2.40. The summed E-state index contributed by atoms with van der Waals surface area (Å²) in [7, 11) is 0. The minimum atomic E-state index is -0.200. The van der Waals surface area contributed by atoms with Crippen LogP contribution in [0.2, 0.25) is 0 Å². The van der Waals surface area contributed by atoms with Crippen molar-refractivity contribution in [3.05, 3.63) is 0 Å². The number of hydrogen-bond donors (Lipinski definition) is 0. The molecule has 63 valence electrons. The highest BCUT2D eigenvalue weighted by molar-refractivity contribution is 4.84. The molecule has 1 nitrogen and oxygen atoms in total. The van der Waals surface area contributed by atoms with Crippen molar-refractivity contribution in [1.82, 2.24) is 0 Å². The smallest absolute Gasteiger partial charge is 0.0960 e. The molecule has 1 radical (unpaired) electrons. The third kappa shape index (κ3) is 1.44. The van der Waals surface area contributed by atoms with Gasteiger partial charge in [0.15, 0.2) is 0 Å². The summed E-state index contributed by atoms with van der Waals surface area (Å²) in [6.07, 6.45) is 8.60. The summed E-state index contributed by atoms with van der Waals surface area (Å²) >= 11 is 0.